The lowest BCUT2D eigenvalue weighted by Gasteiger charge is -2.38. The third kappa shape index (κ3) is 1.87. The maximum atomic E-state index is 12.1. The molecule has 2 heteroatoms. The van der Waals surface area contributed by atoms with Gasteiger partial charge in [-0.1, -0.05) is 46.4 Å². The largest absolute Gasteiger partial charge is 0.287 e. The molecule has 2 saturated carbocycles. The van der Waals surface area contributed by atoms with Crippen molar-refractivity contribution in [2.45, 2.75) is 65.6 Å². The Hall–Kier alpha value is 0.0200. The summed E-state index contributed by atoms with van der Waals surface area (Å²) >= 11 is 1.67. The summed E-state index contributed by atoms with van der Waals surface area (Å²) in [6.45, 7) is 11.4. The SMILES string of the molecule is CCC(C)C(=O)SC1CC2CCC1(C)C2(C)C. The molecule has 2 bridgehead atoms. The van der Waals surface area contributed by atoms with Gasteiger partial charge in [0.05, 0.1) is 0 Å². The molecule has 2 aliphatic rings. The third-order valence-electron chi connectivity index (χ3n) is 5.99. The highest BCUT2D eigenvalue weighted by Crippen LogP contribution is 2.68. The molecule has 2 rings (SSSR count). The van der Waals surface area contributed by atoms with Gasteiger partial charge in [0.2, 0.25) is 0 Å². The number of rotatable bonds is 3. The van der Waals surface area contributed by atoms with Crippen LogP contribution in [0.3, 0.4) is 0 Å². The lowest BCUT2D eigenvalue weighted by Crippen LogP contribution is -2.34. The second kappa shape index (κ2) is 4.29. The van der Waals surface area contributed by atoms with E-state index in [1.54, 1.807) is 11.8 Å². The van der Waals surface area contributed by atoms with Crippen LogP contribution in [0.15, 0.2) is 0 Å². The van der Waals surface area contributed by atoms with E-state index < -0.39 is 0 Å². The molecule has 98 valence electrons. The highest BCUT2D eigenvalue weighted by molar-refractivity contribution is 8.14. The molecule has 0 spiro atoms. The van der Waals surface area contributed by atoms with Gasteiger partial charge in [-0.05, 0) is 42.4 Å². The minimum absolute atomic E-state index is 0.228. The zero-order chi connectivity index (χ0) is 12.8. The fourth-order valence-corrected chi connectivity index (χ4v) is 5.42. The second-order valence-electron chi connectivity index (χ2n) is 6.85. The van der Waals surface area contributed by atoms with Crippen LogP contribution in [0.4, 0.5) is 0 Å². The van der Waals surface area contributed by atoms with E-state index in [1.807, 2.05) is 0 Å². The molecule has 0 aliphatic heterocycles. The summed E-state index contributed by atoms with van der Waals surface area (Å²) in [7, 11) is 0. The summed E-state index contributed by atoms with van der Waals surface area (Å²) in [5.74, 6) is 1.07. The Morgan fingerprint density at radius 2 is 2.06 bits per heavy atom. The topological polar surface area (TPSA) is 17.1 Å². The Morgan fingerprint density at radius 1 is 1.41 bits per heavy atom. The van der Waals surface area contributed by atoms with Crippen LogP contribution in [0.5, 0.6) is 0 Å². The predicted molar refractivity (Wildman–Crippen MR) is 75.1 cm³/mol. The fourth-order valence-electron chi connectivity index (χ4n) is 3.73. The second-order valence-corrected chi connectivity index (χ2v) is 8.05. The van der Waals surface area contributed by atoms with Crippen LogP contribution in [0.2, 0.25) is 0 Å². The molecule has 17 heavy (non-hydrogen) atoms. The first kappa shape index (κ1) is 13.5. The molecule has 0 saturated heterocycles. The van der Waals surface area contributed by atoms with Gasteiger partial charge in [-0.3, -0.25) is 4.79 Å². The minimum Gasteiger partial charge on any atom is -0.287 e. The van der Waals surface area contributed by atoms with Gasteiger partial charge < -0.3 is 0 Å². The van der Waals surface area contributed by atoms with Crippen molar-refractivity contribution in [1.82, 2.24) is 0 Å². The van der Waals surface area contributed by atoms with Crippen molar-refractivity contribution in [2.75, 3.05) is 0 Å². The Labute approximate surface area is 110 Å². The summed E-state index contributed by atoms with van der Waals surface area (Å²) in [6.07, 6.45) is 4.92. The van der Waals surface area contributed by atoms with E-state index in [4.69, 9.17) is 0 Å². The molecule has 0 amide bonds. The quantitative estimate of drug-likeness (QED) is 0.737. The lowest BCUT2D eigenvalue weighted by molar-refractivity contribution is -0.114. The van der Waals surface area contributed by atoms with Gasteiger partial charge in [-0.15, -0.1) is 0 Å². The summed E-state index contributed by atoms with van der Waals surface area (Å²) in [5, 5.41) is 0.986. The lowest BCUT2D eigenvalue weighted by atomic mass is 9.71. The van der Waals surface area contributed by atoms with E-state index >= 15 is 0 Å². The van der Waals surface area contributed by atoms with Crippen LogP contribution >= 0.6 is 11.8 Å². The van der Waals surface area contributed by atoms with E-state index in [0.717, 1.165) is 12.3 Å². The van der Waals surface area contributed by atoms with Gasteiger partial charge in [-0.2, -0.15) is 0 Å². The maximum Gasteiger partial charge on any atom is 0.192 e. The third-order valence-corrected chi connectivity index (χ3v) is 7.62. The van der Waals surface area contributed by atoms with E-state index in [9.17, 15) is 4.79 Å². The van der Waals surface area contributed by atoms with E-state index in [1.165, 1.54) is 19.3 Å². The van der Waals surface area contributed by atoms with Crippen LogP contribution < -0.4 is 0 Å². The molecule has 0 heterocycles. The smallest absolute Gasteiger partial charge is 0.192 e. The summed E-state index contributed by atoms with van der Waals surface area (Å²) in [6, 6.07) is 0. The molecule has 2 fully saturated rings. The zero-order valence-electron chi connectivity index (χ0n) is 11.9. The Balaban J connectivity index is 2.08. The molecule has 1 nitrogen and oxygen atoms in total. The standard InChI is InChI=1S/C15H26OS/c1-6-10(2)13(16)17-12-9-11-7-8-15(12,5)14(11,3)4/h10-12H,6-9H2,1-5H3. The first-order valence-corrected chi connectivity index (χ1v) is 7.91. The molecule has 0 N–H and O–H groups in total. The van der Waals surface area contributed by atoms with Crippen molar-refractivity contribution in [1.29, 1.82) is 0 Å². The number of carbonyl (C=O) groups excluding carboxylic acids is 1. The maximum absolute atomic E-state index is 12.1. The van der Waals surface area contributed by atoms with Gasteiger partial charge in [-0.25, -0.2) is 0 Å². The number of fused-ring (bicyclic) bond motifs is 2. The highest BCUT2D eigenvalue weighted by Gasteiger charge is 2.61. The first-order chi connectivity index (χ1) is 7.83. The van der Waals surface area contributed by atoms with Crippen LogP contribution in [-0.4, -0.2) is 10.4 Å². The molecule has 0 aromatic rings. The van der Waals surface area contributed by atoms with Crippen LogP contribution in [-0.2, 0) is 4.79 Å². The Morgan fingerprint density at radius 3 is 2.47 bits per heavy atom. The molecule has 4 atom stereocenters. The molecule has 0 aromatic heterocycles. The average Bonchev–Trinajstić information content (AvgIpc) is 2.60. The minimum atomic E-state index is 0.228. The van der Waals surface area contributed by atoms with Gasteiger partial charge in [0.25, 0.3) is 0 Å². The van der Waals surface area contributed by atoms with Crippen molar-refractivity contribution < 1.29 is 4.79 Å². The zero-order valence-corrected chi connectivity index (χ0v) is 12.7. The Bertz CT molecular complexity index is 323. The number of thioether (sulfide) groups is 1. The van der Waals surface area contributed by atoms with Crippen molar-refractivity contribution in [3.8, 4) is 0 Å². The normalized spacial score (nSPS) is 40.5. The van der Waals surface area contributed by atoms with Crippen molar-refractivity contribution in [3.63, 3.8) is 0 Å². The van der Waals surface area contributed by atoms with Crippen LogP contribution in [0.25, 0.3) is 0 Å². The van der Waals surface area contributed by atoms with Gasteiger partial charge in [0, 0.05) is 11.2 Å². The molecular weight excluding hydrogens is 228 g/mol. The number of hydrogen-bond acceptors (Lipinski definition) is 2. The van der Waals surface area contributed by atoms with E-state index in [-0.39, 0.29) is 5.92 Å². The fraction of sp³-hybridized carbons (Fsp3) is 0.933. The van der Waals surface area contributed by atoms with Gasteiger partial charge in [0.15, 0.2) is 5.12 Å². The van der Waals surface area contributed by atoms with Crippen LogP contribution in [0.1, 0.15) is 60.3 Å². The summed E-state index contributed by atoms with van der Waals surface area (Å²) < 4.78 is 0. The van der Waals surface area contributed by atoms with Crippen molar-refractivity contribution in [3.05, 3.63) is 0 Å². The Kier molecular flexibility index (Phi) is 3.40. The monoisotopic (exact) mass is 254 g/mol. The van der Waals surface area contributed by atoms with E-state index in [2.05, 4.69) is 34.6 Å². The van der Waals surface area contributed by atoms with Gasteiger partial charge in [0.1, 0.15) is 0 Å². The van der Waals surface area contributed by atoms with Gasteiger partial charge >= 0.3 is 0 Å². The van der Waals surface area contributed by atoms with Crippen LogP contribution in [0, 0.1) is 22.7 Å². The van der Waals surface area contributed by atoms with Crippen molar-refractivity contribution in [2.24, 2.45) is 22.7 Å². The van der Waals surface area contributed by atoms with E-state index in [0.29, 0.717) is 21.2 Å². The highest BCUT2D eigenvalue weighted by atomic mass is 32.2. The molecule has 0 radical (unpaired) electrons. The molecular formula is C15H26OS. The van der Waals surface area contributed by atoms with Crippen molar-refractivity contribution >= 4 is 16.9 Å². The average molecular weight is 254 g/mol. The molecule has 0 aromatic carbocycles. The number of hydrogen-bond donors (Lipinski definition) is 0. The predicted octanol–water partition coefficient (Wildman–Crippen LogP) is 4.51. The first-order valence-electron chi connectivity index (χ1n) is 7.03. The summed E-state index contributed by atoms with van der Waals surface area (Å²) in [4.78, 5) is 12.1. The molecule has 4 unspecified atom stereocenters. The molecule has 2 aliphatic carbocycles. The summed E-state index contributed by atoms with van der Waals surface area (Å²) in [5.41, 5.74) is 0.811. The number of carbonyl (C=O) groups is 1.